The number of carbonyl (C=O) groups is 1. The molecule has 0 saturated carbocycles. The van der Waals surface area contributed by atoms with Crippen molar-refractivity contribution in [3.05, 3.63) is 18.2 Å². The summed E-state index contributed by atoms with van der Waals surface area (Å²) in [5.74, 6) is -0.0696. The molecule has 9 nitrogen and oxygen atoms in total. The summed E-state index contributed by atoms with van der Waals surface area (Å²) in [5.41, 5.74) is 1.19. The van der Waals surface area contributed by atoms with E-state index in [9.17, 15) is 13.2 Å². The van der Waals surface area contributed by atoms with Gasteiger partial charge in [0.1, 0.15) is 5.52 Å². The van der Waals surface area contributed by atoms with Gasteiger partial charge in [-0.3, -0.25) is 4.79 Å². The molecule has 1 aliphatic rings. The first-order valence-electron chi connectivity index (χ1n) is 9.67. The van der Waals surface area contributed by atoms with Crippen molar-refractivity contribution in [3.8, 4) is 0 Å². The zero-order valence-electron chi connectivity index (χ0n) is 16.3. The Hall–Kier alpha value is -2.04. The Labute approximate surface area is 165 Å². The topological polar surface area (TPSA) is 106 Å². The molecule has 1 aromatic heterocycles. The van der Waals surface area contributed by atoms with Gasteiger partial charge in [-0.2, -0.15) is 4.31 Å². The summed E-state index contributed by atoms with van der Waals surface area (Å²) in [4.78, 5) is 12.2. The largest absolute Gasteiger partial charge is 0.376 e. The average Bonchev–Trinajstić information content (AvgIpc) is 3.34. The first kappa shape index (κ1) is 20.7. The standard InChI is InChI=1S/C18H27N5O4S/c1-3-22(4-2)28(25,26)15-7-8-17-16(12-15)20-21-23(17)10-9-18(24)19-13-14-6-5-11-27-14/h7-8,12,14H,3-6,9-11,13H2,1-2H3,(H,19,24). The lowest BCUT2D eigenvalue weighted by molar-refractivity contribution is -0.121. The maximum Gasteiger partial charge on any atom is 0.243 e. The van der Waals surface area contributed by atoms with E-state index in [1.807, 2.05) is 0 Å². The van der Waals surface area contributed by atoms with Crippen molar-refractivity contribution in [2.24, 2.45) is 0 Å². The van der Waals surface area contributed by atoms with Crippen molar-refractivity contribution in [2.75, 3.05) is 26.2 Å². The molecule has 3 rings (SSSR count). The Balaban J connectivity index is 1.64. The summed E-state index contributed by atoms with van der Waals surface area (Å²) in [5, 5.41) is 11.0. The van der Waals surface area contributed by atoms with Crippen LogP contribution in [0, 0.1) is 0 Å². The normalized spacial score (nSPS) is 17.5. The number of amides is 1. The van der Waals surface area contributed by atoms with Gasteiger partial charge in [0.05, 0.1) is 23.1 Å². The van der Waals surface area contributed by atoms with Gasteiger partial charge in [-0.1, -0.05) is 19.1 Å². The predicted octanol–water partition coefficient (Wildman–Crippen LogP) is 1.15. The molecule has 1 saturated heterocycles. The molecule has 1 amide bonds. The molecule has 1 N–H and O–H groups in total. The van der Waals surface area contributed by atoms with Crippen LogP contribution >= 0.6 is 0 Å². The Morgan fingerprint density at radius 3 is 2.82 bits per heavy atom. The van der Waals surface area contributed by atoms with Crippen LogP contribution in [0.1, 0.15) is 33.1 Å². The second-order valence-electron chi connectivity index (χ2n) is 6.74. The summed E-state index contributed by atoms with van der Waals surface area (Å²) in [7, 11) is -3.54. The van der Waals surface area contributed by atoms with Gasteiger partial charge in [0.25, 0.3) is 0 Å². The van der Waals surface area contributed by atoms with Gasteiger partial charge in [-0.15, -0.1) is 5.10 Å². The molecule has 1 atom stereocenters. The minimum atomic E-state index is -3.54. The number of aryl methyl sites for hydroxylation is 1. The third kappa shape index (κ3) is 4.50. The minimum absolute atomic E-state index is 0.0696. The van der Waals surface area contributed by atoms with Crippen LogP contribution in [0.25, 0.3) is 11.0 Å². The van der Waals surface area contributed by atoms with Gasteiger partial charge in [0.2, 0.25) is 15.9 Å². The number of ether oxygens (including phenoxy) is 1. The fourth-order valence-corrected chi connectivity index (χ4v) is 4.80. The smallest absolute Gasteiger partial charge is 0.243 e. The molecule has 28 heavy (non-hydrogen) atoms. The summed E-state index contributed by atoms with van der Waals surface area (Å²) >= 11 is 0. The highest BCUT2D eigenvalue weighted by molar-refractivity contribution is 7.89. The molecule has 1 aromatic carbocycles. The molecule has 0 aliphatic carbocycles. The number of hydrogen-bond acceptors (Lipinski definition) is 6. The summed E-state index contributed by atoms with van der Waals surface area (Å²) < 4.78 is 33.8. The number of sulfonamides is 1. The van der Waals surface area contributed by atoms with Crippen molar-refractivity contribution in [1.29, 1.82) is 0 Å². The highest BCUT2D eigenvalue weighted by atomic mass is 32.2. The Morgan fingerprint density at radius 2 is 2.14 bits per heavy atom. The molecule has 0 radical (unpaired) electrons. The lowest BCUT2D eigenvalue weighted by Crippen LogP contribution is -2.32. The summed E-state index contributed by atoms with van der Waals surface area (Å²) in [6.07, 6.45) is 2.40. The molecular weight excluding hydrogens is 382 g/mol. The Morgan fingerprint density at radius 1 is 1.36 bits per heavy atom. The van der Waals surface area contributed by atoms with E-state index in [0.29, 0.717) is 37.2 Å². The highest BCUT2D eigenvalue weighted by Crippen LogP contribution is 2.20. The zero-order valence-corrected chi connectivity index (χ0v) is 17.1. The molecule has 1 unspecified atom stereocenters. The monoisotopic (exact) mass is 409 g/mol. The number of carbonyl (C=O) groups excluding carboxylic acids is 1. The van der Waals surface area contributed by atoms with Crippen molar-refractivity contribution in [1.82, 2.24) is 24.6 Å². The van der Waals surface area contributed by atoms with Crippen LogP contribution in [0.5, 0.6) is 0 Å². The highest BCUT2D eigenvalue weighted by Gasteiger charge is 2.22. The van der Waals surface area contributed by atoms with Crippen LogP contribution in [0.2, 0.25) is 0 Å². The first-order chi connectivity index (χ1) is 13.5. The van der Waals surface area contributed by atoms with Crippen LogP contribution in [-0.2, 0) is 26.1 Å². The lowest BCUT2D eigenvalue weighted by atomic mass is 10.2. The molecule has 0 bridgehead atoms. The molecule has 1 aliphatic heterocycles. The molecule has 1 fully saturated rings. The molecule has 10 heteroatoms. The second-order valence-corrected chi connectivity index (χ2v) is 8.68. The Bertz CT molecular complexity index is 917. The van der Waals surface area contributed by atoms with Gasteiger partial charge in [0, 0.05) is 32.7 Å². The molecule has 2 aromatic rings. The number of nitrogens with one attached hydrogen (secondary N) is 1. The molecule has 154 valence electrons. The minimum Gasteiger partial charge on any atom is -0.376 e. The molecule has 0 spiro atoms. The van der Waals surface area contributed by atoms with E-state index < -0.39 is 10.0 Å². The first-order valence-corrected chi connectivity index (χ1v) is 11.1. The van der Waals surface area contributed by atoms with E-state index in [1.54, 1.807) is 30.7 Å². The number of benzene rings is 1. The number of hydrogen-bond donors (Lipinski definition) is 1. The van der Waals surface area contributed by atoms with Gasteiger partial charge in [0.15, 0.2) is 0 Å². The average molecular weight is 410 g/mol. The number of aromatic nitrogens is 3. The summed E-state index contributed by atoms with van der Waals surface area (Å²) in [6, 6.07) is 4.79. The number of rotatable bonds is 9. The zero-order chi connectivity index (χ0) is 20.1. The van der Waals surface area contributed by atoms with Crippen LogP contribution < -0.4 is 5.32 Å². The maximum absolute atomic E-state index is 12.6. The van der Waals surface area contributed by atoms with E-state index in [2.05, 4.69) is 15.6 Å². The second kappa shape index (κ2) is 8.97. The van der Waals surface area contributed by atoms with Gasteiger partial charge >= 0.3 is 0 Å². The predicted molar refractivity (Wildman–Crippen MR) is 104 cm³/mol. The van der Waals surface area contributed by atoms with E-state index in [4.69, 9.17) is 4.74 Å². The quantitative estimate of drug-likeness (QED) is 0.666. The number of nitrogens with zero attached hydrogens (tertiary/aromatic N) is 4. The van der Waals surface area contributed by atoms with E-state index in [1.165, 1.54) is 10.4 Å². The van der Waals surface area contributed by atoms with Crippen molar-refractivity contribution >= 4 is 27.0 Å². The van der Waals surface area contributed by atoms with Crippen LogP contribution in [-0.4, -0.2) is 66.0 Å². The van der Waals surface area contributed by atoms with Gasteiger partial charge < -0.3 is 10.1 Å². The fraction of sp³-hybridized carbons (Fsp3) is 0.611. The SMILES string of the molecule is CCN(CC)S(=O)(=O)c1ccc2c(c1)nnn2CCC(=O)NCC1CCCO1. The van der Waals surface area contributed by atoms with E-state index >= 15 is 0 Å². The Kier molecular flexibility index (Phi) is 6.63. The van der Waals surface area contributed by atoms with Gasteiger partial charge in [-0.05, 0) is 31.0 Å². The van der Waals surface area contributed by atoms with Crippen molar-refractivity contribution in [2.45, 2.75) is 50.7 Å². The van der Waals surface area contributed by atoms with Crippen LogP contribution in [0.4, 0.5) is 0 Å². The van der Waals surface area contributed by atoms with Crippen LogP contribution in [0.3, 0.4) is 0 Å². The third-order valence-corrected chi connectivity index (χ3v) is 6.98. The summed E-state index contributed by atoms with van der Waals surface area (Å²) in [6.45, 7) is 6.09. The third-order valence-electron chi connectivity index (χ3n) is 4.93. The van der Waals surface area contributed by atoms with Crippen molar-refractivity contribution in [3.63, 3.8) is 0 Å². The molecule has 2 heterocycles. The van der Waals surface area contributed by atoms with Crippen LogP contribution in [0.15, 0.2) is 23.1 Å². The van der Waals surface area contributed by atoms with Crippen molar-refractivity contribution < 1.29 is 17.9 Å². The van der Waals surface area contributed by atoms with E-state index in [-0.39, 0.29) is 23.3 Å². The van der Waals surface area contributed by atoms with E-state index in [0.717, 1.165) is 19.4 Å². The van der Waals surface area contributed by atoms with Gasteiger partial charge in [-0.25, -0.2) is 13.1 Å². The molecular formula is C18H27N5O4S. The maximum atomic E-state index is 12.6. The number of fused-ring (bicyclic) bond motifs is 1. The fourth-order valence-electron chi connectivity index (χ4n) is 3.32. The lowest BCUT2D eigenvalue weighted by Gasteiger charge is -2.18.